The molecule has 0 saturated carbocycles. The quantitative estimate of drug-likeness (QED) is 0.533. The molecule has 0 aliphatic carbocycles. The number of nitrogens with one attached hydrogen (secondary N) is 1. The molecule has 1 heterocycles. The Morgan fingerprint density at radius 2 is 1.47 bits per heavy atom. The number of benzene rings is 1. The van der Waals surface area contributed by atoms with Crippen LogP contribution in [-0.4, -0.2) is 10.1 Å². The van der Waals surface area contributed by atoms with Crippen LogP contribution in [0.5, 0.6) is 0 Å². The van der Waals surface area contributed by atoms with Crippen molar-refractivity contribution in [1.29, 1.82) is 0 Å². The number of hydrogen-bond donors (Lipinski definition) is 1. The largest absolute Gasteiger partial charge is 0.371 e. The highest BCUT2D eigenvalue weighted by Crippen LogP contribution is 2.27. The molecule has 1 N–H and O–H groups in total. The average Bonchev–Trinajstić information content (AvgIpc) is 2.80. The predicted molar refractivity (Wildman–Crippen MR) is 52.6 cm³/mol. The number of hydrogen-bond acceptors (Lipinski definition) is 4. The zero-order valence-electron chi connectivity index (χ0n) is 9.40. The Morgan fingerprint density at radius 3 is 1.95 bits per heavy atom. The molecular weight excluding hydrogens is 273 g/mol. The molecule has 1 aromatic carbocycles. The van der Waals surface area contributed by atoms with Gasteiger partial charge in [0.05, 0.1) is 6.54 Å². The topological polar surface area (TPSA) is 51.0 Å². The van der Waals surface area contributed by atoms with E-state index in [-0.39, 0.29) is 18.3 Å². The summed E-state index contributed by atoms with van der Waals surface area (Å²) in [5.41, 5.74) is -1.15. The van der Waals surface area contributed by atoms with E-state index >= 15 is 0 Å². The van der Waals surface area contributed by atoms with E-state index in [1.54, 1.807) is 0 Å². The Bertz CT molecular complexity index is 599. The van der Waals surface area contributed by atoms with Gasteiger partial charge >= 0.3 is 0 Å². The third kappa shape index (κ3) is 2.35. The lowest BCUT2D eigenvalue weighted by molar-refractivity contribution is 0.373. The summed E-state index contributed by atoms with van der Waals surface area (Å²) in [6.07, 6.45) is 0. The van der Waals surface area contributed by atoms with E-state index in [9.17, 15) is 22.0 Å². The van der Waals surface area contributed by atoms with Crippen molar-refractivity contribution in [3.8, 4) is 0 Å². The van der Waals surface area contributed by atoms with Crippen LogP contribution < -0.4 is 5.32 Å². The summed E-state index contributed by atoms with van der Waals surface area (Å²) in [6, 6.07) is 0. The number of rotatable bonds is 3. The van der Waals surface area contributed by atoms with Crippen LogP contribution in [0.1, 0.15) is 11.7 Å². The molecule has 1 aromatic heterocycles. The molecule has 2 aromatic rings. The van der Waals surface area contributed by atoms with Gasteiger partial charge in [0.25, 0.3) is 0 Å². The second-order valence-corrected chi connectivity index (χ2v) is 3.53. The number of halogens is 5. The summed E-state index contributed by atoms with van der Waals surface area (Å²) in [5, 5.41) is 5.43. The normalized spacial score (nSPS) is 10.8. The van der Waals surface area contributed by atoms with Crippen molar-refractivity contribution in [2.75, 3.05) is 5.32 Å². The van der Waals surface area contributed by atoms with Gasteiger partial charge in [-0.25, -0.2) is 22.0 Å². The SMILES string of the molecule is Cc1noc(CNc2c(F)c(F)c(F)c(F)c2F)n1. The third-order valence-corrected chi connectivity index (χ3v) is 2.20. The minimum Gasteiger partial charge on any atom is -0.371 e. The fourth-order valence-electron chi connectivity index (χ4n) is 1.34. The maximum Gasteiger partial charge on any atom is 0.245 e. The second kappa shape index (κ2) is 4.82. The van der Waals surface area contributed by atoms with Crippen molar-refractivity contribution in [2.24, 2.45) is 0 Å². The molecule has 0 saturated heterocycles. The molecule has 0 bridgehead atoms. The van der Waals surface area contributed by atoms with Crippen molar-refractivity contribution in [3.63, 3.8) is 0 Å². The van der Waals surface area contributed by atoms with E-state index in [1.807, 2.05) is 5.32 Å². The van der Waals surface area contributed by atoms with Gasteiger partial charge < -0.3 is 9.84 Å². The number of aromatic nitrogens is 2. The lowest BCUT2D eigenvalue weighted by Gasteiger charge is -2.08. The Kier molecular flexibility index (Phi) is 3.36. The van der Waals surface area contributed by atoms with E-state index in [0.29, 0.717) is 0 Å². The van der Waals surface area contributed by atoms with E-state index in [2.05, 4.69) is 14.7 Å². The van der Waals surface area contributed by atoms with Crippen molar-refractivity contribution < 1.29 is 26.5 Å². The van der Waals surface area contributed by atoms with Gasteiger partial charge in [-0.1, -0.05) is 5.16 Å². The molecule has 19 heavy (non-hydrogen) atoms. The summed E-state index contributed by atoms with van der Waals surface area (Å²) in [5.74, 6) is -9.95. The summed E-state index contributed by atoms with van der Waals surface area (Å²) in [4.78, 5) is 3.70. The maximum absolute atomic E-state index is 13.3. The molecule has 2 rings (SSSR count). The van der Waals surface area contributed by atoms with Gasteiger partial charge in [0.1, 0.15) is 5.69 Å². The van der Waals surface area contributed by atoms with Crippen molar-refractivity contribution >= 4 is 5.69 Å². The fraction of sp³-hybridized carbons (Fsp3) is 0.200. The van der Waals surface area contributed by atoms with E-state index in [0.717, 1.165) is 0 Å². The summed E-state index contributed by atoms with van der Waals surface area (Å²) in [7, 11) is 0. The highest BCUT2D eigenvalue weighted by molar-refractivity contribution is 5.47. The van der Waals surface area contributed by atoms with Gasteiger partial charge in [0.15, 0.2) is 29.1 Å². The van der Waals surface area contributed by atoms with Gasteiger partial charge in [-0.05, 0) is 6.92 Å². The van der Waals surface area contributed by atoms with Crippen molar-refractivity contribution in [1.82, 2.24) is 10.1 Å². The van der Waals surface area contributed by atoms with Gasteiger partial charge in [0, 0.05) is 0 Å². The number of anilines is 1. The van der Waals surface area contributed by atoms with Crippen molar-refractivity contribution in [3.05, 3.63) is 40.8 Å². The first-order valence-corrected chi connectivity index (χ1v) is 4.96. The first kappa shape index (κ1) is 13.2. The molecule has 0 aliphatic rings. The van der Waals surface area contributed by atoms with Crippen LogP contribution in [-0.2, 0) is 6.54 Å². The lowest BCUT2D eigenvalue weighted by atomic mass is 10.2. The van der Waals surface area contributed by atoms with Gasteiger partial charge in [0.2, 0.25) is 11.7 Å². The Morgan fingerprint density at radius 1 is 0.947 bits per heavy atom. The lowest BCUT2D eigenvalue weighted by Crippen LogP contribution is -2.10. The van der Waals surface area contributed by atoms with E-state index in [1.165, 1.54) is 6.92 Å². The van der Waals surface area contributed by atoms with Gasteiger partial charge in [-0.15, -0.1) is 0 Å². The molecule has 0 fully saturated rings. The highest BCUT2D eigenvalue weighted by atomic mass is 19.2. The smallest absolute Gasteiger partial charge is 0.245 e. The summed E-state index contributed by atoms with van der Waals surface area (Å²) < 4.78 is 69.7. The first-order chi connectivity index (χ1) is 8.91. The number of aryl methyl sites for hydroxylation is 1. The first-order valence-electron chi connectivity index (χ1n) is 4.96. The number of nitrogens with zero attached hydrogens (tertiary/aromatic N) is 2. The Labute approximate surface area is 103 Å². The minimum absolute atomic E-state index is 0.0542. The van der Waals surface area contributed by atoms with Crippen LogP contribution in [0, 0.1) is 36.0 Å². The molecule has 102 valence electrons. The summed E-state index contributed by atoms with van der Waals surface area (Å²) >= 11 is 0. The third-order valence-electron chi connectivity index (χ3n) is 2.20. The van der Waals surface area contributed by atoms with Crippen LogP contribution in [0.15, 0.2) is 4.52 Å². The van der Waals surface area contributed by atoms with E-state index < -0.39 is 34.8 Å². The standard InChI is InChI=1S/C10H6F5N3O/c1-3-17-4(19-18-3)2-16-10-8(14)6(12)5(11)7(13)9(10)15/h16H,2H2,1H3. The van der Waals surface area contributed by atoms with Crippen molar-refractivity contribution in [2.45, 2.75) is 13.5 Å². The maximum atomic E-state index is 13.3. The van der Waals surface area contributed by atoms with Crippen LogP contribution in [0.2, 0.25) is 0 Å². The van der Waals surface area contributed by atoms with Gasteiger partial charge in [-0.3, -0.25) is 0 Å². The molecule has 0 atom stereocenters. The molecule has 9 heteroatoms. The predicted octanol–water partition coefficient (Wildman–Crippen LogP) is 2.69. The van der Waals surface area contributed by atoms with Crippen LogP contribution >= 0.6 is 0 Å². The Balaban J connectivity index is 2.30. The molecule has 0 unspecified atom stereocenters. The van der Waals surface area contributed by atoms with E-state index in [4.69, 9.17) is 0 Å². The van der Waals surface area contributed by atoms with Crippen LogP contribution in [0.25, 0.3) is 0 Å². The van der Waals surface area contributed by atoms with Crippen LogP contribution in [0.4, 0.5) is 27.6 Å². The summed E-state index contributed by atoms with van der Waals surface area (Å²) in [6.45, 7) is 1.13. The molecular formula is C10H6F5N3O. The minimum atomic E-state index is -2.21. The monoisotopic (exact) mass is 279 g/mol. The zero-order valence-corrected chi connectivity index (χ0v) is 9.40. The second-order valence-electron chi connectivity index (χ2n) is 3.53. The molecule has 0 amide bonds. The zero-order chi connectivity index (χ0) is 14.2. The molecule has 0 radical (unpaired) electrons. The molecule has 0 spiro atoms. The highest BCUT2D eigenvalue weighted by Gasteiger charge is 2.25. The van der Waals surface area contributed by atoms with Crippen LogP contribution in [0.3, 0.4) is 0 Å². The average molecular weight is 279 g/mol. The fourth-order valence-corrected chi connectivity index (χ4v) is 1.34. The Hall–Kier alpha value is -2.19. The molecule has 0 aliphatic heterocycles. The van der Waals surface area contributed by atoms with Gasteiger partial charge in [-0.2, -0.15) is 4.98 Å². The molecule has 4 nitrogen and oxygen atoms in total.